The van der Waals surface area contributed by atoms with Crippen molar-refractivity contribution in [2.24, 2.45) is 11.7 Å². The molecule has 0 bridgehead atoms. The molecule has 1 aliphatic rings. The Labute approximate surface area is 124 Å². The largest absolute Gasteiger partial charge is 0.356 e. The summed E-state index contributed by atoms with van der Waals surface area (Å²) < 4.78 is 10.7. The van der Waals surface area contributed by atoms with Gasteiger partial charge in [-0.15, -0.1) is 0 Å². The van der Waals surface area contributed by atoms with Crippen LogP contribution in [-0.2, 0) is 9.47 Å². The Morgan fingerprint density at radius 1 is 1.30 bits per heavy atom. The Hall–Kier alpha value is -0.200. The van der Waals surface area contributed by atoms with Crippen molar-refractivity contribution < 1.29 is 9.47 Å². The number of rotatable bonds is 8. The lowest BCUT2D eigenvalue weighted by Gasteiger charge is -2.42. The molecule has 1 rings (SSSR count). The Balaban J connectivity index is 2.54. The molecule has 1 heterocycles. The van der Waals surface area contributed by atoms with E-state index in [0.29, 0.717) is 6.54 Å². The van der Waals surface area contributed by atoms with Crippen LogP contribution in [0, 0.1) is 5.92 Å². The number of likely N-dealkylation sites (tertiary alicyclic amines) is 1. The van der Waals surface area contributed by atoms with Crippen LogP contribution in [0.2, 0.25) is 0 Å². The third-order valence-corrected chi connectivity index (χ3v) is 4.86. The number of hydrogen-bond acceptors (Lipinski definition) is 5. The number of methoxy groups -OCH3 is 2. The Morgan fingerprint density at radius 3 is 2.30 bits per heavy atom. The van der Waals surface area contributed by atoms with Crippen LogP contribution >= 0.6 is 0 Å². The summed E-state index contributed by atoms with van der Waals surface area (Å²) in [7, 11) is 7.74. The number of hydrogen-bond donors (Lipinski definition) is 1. The van der Waals surface area contributed by atoms with E-state index in [0.717, 1.165) is 18.9 Å². The van der Waals surface area contributed by atoms with Gasteiger partial charge in [0.05, 0.1) is 0 Å². The van der Waals surface area contributed by atoms with E-state index in [1.54, 1.807) is 14.2 Å². The summed E-state index contributed by atoms with van der Waals surface area (Å²) in [5.74, 6) is 0.769. The normalized spacial score (nSPS) is 21.6. The van der Waals surface area contributed by atoms with Crippen LogP contribution in [0.1, 0.15) is 26.2 Å². The van der Waals surface area contributed by atoms with Crippen molar-refractivity contribution >= 4 is 0 Å². The summed E-state index contributed by atoms with van der Waals surface area (Å²) >= 11 is 0. The molecule has 0 amide bonds. The van der Waals surface area contributed by atoms with E-state index in [1.807, 2.05) is 0 Å². The second-order valence-corrected chi connectivity index (χ2v) is 6.43. The van der Waals surface area contributed by atoms with E-state index in [-0.39, 0.29) is 11.8 Å². The van der Waals surface area contributed by atoms with Crippen molar-refractivity contribution in [1.29, 1.82) is 0 Å². The molecule has 0 aliphatic carbocycles. The zero-order valence-electron chi connectivity index (χ0n) is 13.9. The molecular formula is C15H33N3O2. The maximum absolute atomic E-state index is 6.03. The monoisotopic (exact) mass is 287 g/mol. The molecule has 120 valence electrons. The van der Waals surface area contributed by atoms with Gasteiger partial charge >= 0.3 is 0 Å². The topological polar surface area (TPSA) is 51.0 Å². The van der Waals surface area contributed by atoms with Gasteiger partial charge in [-0.25, -0.2) is 0 Å². The van der Waals surface area contributed by atoms with Gasteiger partial charge < -0.3 is 20.1 Å². The second-order valence-electron chi connectivity index (χ2n) is 6.43. The molecule has 1 fully saturated rings. The first kappa shape index (κ1) is 17.9. The van der Waals surface area contributed by atoms with Gasteiger partial charge in [0.15, 0.2) is 6.29 Å². The Kier molecular flexibility index (Phi) is 7.40. The predicted octanol–water partition coefficient (Wildman–Crippen LogP) is 0.986. The molecule has 20 heavy (non-hydrogen) atoms. The highest BCUT2D eigenvalue weighted by molar-refractivity contribution is 4.88. The van der Waals surface area contributed by atoms with Gasteiger partial charge in [-0.1, -0.05) is 0 Å². The number of ether oxygens (including phenoxy) is 2. The van der Waals surface area contributed by atoms with Crippen LogP contribution in [-0.4, -0.2) is 76.1 Å². The molecule has 0 aromatic carbocycles. The molecule has 0 radical (unpaired) electrons. The van der Waals surface area contributed by atoms with Gasteiger partial charge in [-0.05, 0) is 52.9 Å². The van der Waals surface area contributed by atoms with Crippen LogP contribution in [0.25, 0.3) is 0 Å². The van der Waals surface area contributed by atoms with Crippen molar-refractivity contribution in [2.45, 2.75) is 38.0 Å². The predicted molar refractivity (Wildman–Crippen MR) is 82.7 cm³/mol. The van der Waals surface area contributed by atoms with E-state index in [2.05, 4.69) is 30.8 Å². The van der Waals surface area contributed by atoms with Gasteiger partial charge in [0.2, 0.25) is 0 Å². The van der Waals surface area contributed by atoms with E-state index in [9.17, 15) is 0 Å². The molecular weight excluding hydrogens is 254 g/mol. The summed E-state index contributed by atoms with van der Waals surface area (Å²) in [6.45, 7) is 6.32. The standard InChI is InChI=1S/C15H33N3O2/c1-15(12-16,10-14(19-4)20-5)18(3)11-13-6-8-17(2)9-7-13/h13-14H,6-12,16H2,1-5H3. The fraction of sp³-hybridized carbons (Fsp3) is 1.00. The summed E-state index contributed by atoms with van der Waals surface area (Å²) in [4.78, 5) is 4.80. The average Bonchev–Trinajstić information content (AvgIpc) is 2.46. The molecule has 1 unspecified atom stereocenters. The zero-order chi connectivity index (χ0) is 15.2. The van der Waals surface area contributed by atoms with Crippen LogP contribution in [0.4, 0.5) is 0 Å². The summed E-state index contributed by atoms with van der Waals surface area (Å²) in [6.07, 6.45) is 3.15. The zero-order valence-corrected chi connectivity index (χ0v) is 13.9. The highest BCUT2D eigenvalue weighted by Gasteiger charge is 2.33. The Bertz CT molecular complexity index is 266. The average molecular weight is 287 g/mol. The van der Waals surface area contributed by atoms with Crippen LogP contribution in [0.15, 0.2) is 0 Å². The summed E-state index contributed by atoms with van der Waals surface area (Å²) in [6, 6.07) is 0. The molecule has 0 spiro atoms. The fourth-order valence-electron chi connectivity index (χ4n) is 2.87. The minimum atomic E-state index is -0.191. The van der Waals surface area contributed by atoms with Crippen molar-refractivity contribution in [3.8, 4) is 0 Å². The van der Waals surface area contributed by atoms with E-state index >= 15 is 0 Å². The van der Waals surface area contributed by atoms with Crippen molar-refractivity contribution in [1.82, 2.24) is 9.80 Å². The molecule has 0 aromatic heterocycles. The number of likely N-dealkylation sites (N-methyl/N-ethyl adjacent to an activating group) is 1. The van der Waals surface area contributed by atoms with Crippen molar-refractivity contribution in [3.05, 3.63) is 0 Å². The minimum absolute atomic E-state index is 0.0833. The smallest absolute Gasteiger partial charge is 0.158 e. The third kappa shape index (κ3) is 4.97. The molecule has 5 nitrogen and oxygen atoms in total. The number of piperidine rings is 1. The molecule has 1 saturated heterocycles. The highest BCUT2D eigenvalue weighted by Crippen LogP contribution is 2.24. The third-order valence-electron chi connectivity index (χ3n) is 4.86. The number of nitrogens with two attached hydrogens (primary N) is 1. The van der Waals surface area contributed by atoms with E-state index < -0.39 is 0 Å². The quantitative estimate of drug-likeness (QED) is 0.675. The first-order valence-corrected chi connectivity index (χ1v) is 7.60. The molecule has 5 heteroatoms. The molecule has 0 saturated carbocycles. The lowest BCUT2D eigenvalue weighted by molar-refractivity contribution is -0.127. The SMILES string of the molecule is COC(CC(C)(CN)N(C)CC1CCN(C)CC1)OC. The van der Waals surface area contributed by atoms with Crippen LogP contribution < -0.4 is 5.73 Å². The second kappa shape index (κ2) is 8.29. The summed E-state index contributed by atoms with van der Waals surface area (Å²) in [5.41, 5.74) is 5.95. The Morgan fingerprint density at radius 2 is 1.85 bits per heavy atom. The number of nitrogens with zero attached hydrogens (tertiary/aromatic N) is 2. The van der Waals surface area contributed by atoms with Crippen LogP contribution in [0.3, 0.4) is 0 Å². The highest BCUT2D eigenvalue weighted by atomic mass is 16.7. The lowest BCUT2D eigenvalue weighted by atomic mass is 9.91. The van der Waals surface area contributed by atoms with Gasteiger partial charge in [-0.2, -0.15) is 0 Å². The maximum atomic E-state index is 6.03. The minimum Gasteiger partial charge on any atom is -0.356 e. The van der Waals surface area contributed by atoms with Crippen LogP contribution in [0.5, 0.6) is 0 Å². The fourth-order valence-corrected chi connectivity index (χ4v) is 2.87. The molecule has 0 aromatic rings. The van der Waals surface area contributed by atoms with Gasteiger partial charge in [0, 0.05) is 39.3 Å². The molecule has 2 N–H and O–H groups in total. The van der Waals surface area contributed by atoms with E-state index in [1.165, 1.54) is 25.9 Å². The van der Waals surface area contributed by atoms with Gasteiger partial charge in [0.25, 0.3) is 0 Å². The summed E-state index contributed by atoms with van der Waals surface area (Å²) in [5, 5.41) is 0. The first-order chi connectivity index (χ1) is 9.45. The lowest BCUT2D eigenvalue weighted by Crippen LogP contribution is -2.54. The van der Waals surface area contributed by atoms with Crippen molar-refractivity contribution in [3.63, 3.8) is 0 Å². The van der Waals surface area contributed by atoms with Crippen molar-refractivity contribution in [2.75, 3.05) is 54.5 Å². The molecule has 1 atom stereocenters. The van der Waals surface area contributed by atoms with Gasteiger partial charge in [0.1, 0.15) is 0 Å². The van der Waals surface area contributed by atoms with E-state index in [4.69, 9.17) is 15.2 Å². The maximum Gasteiger partial charge on any atom is 0.158 e. The first-order valence-electron chi connectivity index (χ1n) is 7.60. The van der Waals surface area contributed by atoms with Gasteiger partial charge in [-0.3, -0.25) is 4.90 Å². The molecule has 1 aliphatic heterocycles.